The summed E-state index contributed by atoms with van der Waals surface area (Å²) in [6.07, 6.45) is 6.46. The van der Waals surface area contributed by atoms with Gasteiger partial charge in [0.1, 0.15) is 0 Å². The van der Waals surface area contributed by atoms with Crippen LogP contribution in [0.4, 0.5) is 0 Å². The average molecular weight is 274 g/mol. The standard InChI is InChI=1S/C16H22N2S/c17-11-9-12-5-6-13(10-11)18(12)15-7-8-19-16-4-2-1-3-14(15)16/h1-4,11-13,15H,5-10,17H2. The lowest BCUT2D eigenvalue weighted by Crippen LogP contribution is -2.49. The van der Waals surface area contributed by atoms with Gasteiger partial charge in [-0.05, 0) is 49.5 Å². The third-order valence-corrected chi connectivity index (χ3v) is 6.24. The van der Waals surface area contributed by atoms with Gasteiger partial charge in [-0.3, -0.25) is 4.90 Å². The largest absolute Gasteiger partial charge is 0.328 e. The van der Waals surface area contributed by atoms with Crippen molar-refractivity contribution in [2.45, 2.75) is 61.2 Å². The Labute approximate surface area is 119 Å². The molecule has 3 aliphatic heterocycles. The molecule has 2 bridgehead atoms. The van der Waals surface area contributed by atoms with Crippen LogP contribution in [0.2, 0.25) is 0 Å². The minimum atomic E-state index is 0.446. The number of nitrogens with zero attached hydrogens (tertiary/aromatic N) is 1. The minimum absolute atomic E-state index is 0.446. The Hall–Kier alpha value is -0.510. The number of benzene rings is 1. The third-order valence-electron chi connectivity index (χ3n) is 5.11. The van der Waals surface area contributed by atoms with Crippen LogP contribution in [-0.4, -0.2) is 28.8 Å². The highest BCUT2D eigenvalue weighted by atomic mass is 32.2. The van der Waals surface area contributed by atoms with Crippen molar-refractivity contribution in [2.24, 2.45) is 5.73 Å². The molecule has 0 saturated carbocycles. The second-order valence-corrected chi connectivity index (χ2v) is 7.39. The molecule has 4 rings (SSSR count). The number of nitrogens with two attached hydrogens (primary N) is 1. The molecule has 0 spiro atoms. The van der Waals surface area contributed by atoms with Crippen LogP contribution in [0.5, 0.6) is 0 Å². The molecule has 0 aromatic heterocycles. The predicted octanol–water partition coefficient (Wildman–Crippen LogP) is 3.18. The molecule has 2 fully saturated rings. The lowest BCUT2D eigenvalue weighted by molar-refractivity contribution is 0.0731. The minimum Gasteiger partial charge on any atom is -0.328 e. The third kappa shape index (κ3) is 2.03. The fraction of sp³-hybridized carbons (Fsp3) is 0.625. The molecule has 2 nitrogen and oxygen atoms in total. The van der Waals surface area contributed by atoms with Gasteiger partial charge >= 0.3 is 0 Å². The van der Waals surface area contributed by atoms with E-state index >= 15 is 0 Å². The van der Waals surface area contributed by atoms with Gasteiger partial charge in [-0.25, -0.2) is 0 Å². The predicted molar refractivity (Wildman–Crippen MR) is 80.4 cm³/mol. The summed E-state index contributed by atoms with van der Waals surface area (Å²) in [5.74, 6) is 1.27. The van der Waals surface area contributed by atoms with Crippen molar-refractivity contribution in [1.82, 2.24) is 4.90 Å². The van der Waals surface area contributed by atoms with Gasteiger partial charge in [0.25, 0.3) is 0 Å². The van der Waals surface area contributed by atoms with Gasteiger partial charge in [0.05, 0.1) is 0 Å². The van der Waals surface area contributed by atoms with E-state index in [0.717, 1.165) is 12.1 Å². The van der Waals surface area contributed by atoms with Crippen molar-refractivity contribution in [2.75, 3.05) is 5.75 Å². The molecule has 3 aliphatic rings. The molecule has 3 unspecified atom stereocenters. The summed E-state index contributed by atoms with van der Waals surface area (Å²) in [5, 5.41) is 0. The molecule has 19 heavy (non-hydrogen) atoms. The maximum absolute atomic E-state index is 6.21. The van der Waals surface area contributed by atoms with Gasteiger partial charge in [-0.15, -0.1) is 11.8 Å². The molecule has 3 heteroatoms. The van der Waals surface area contributed by atoms with E-state index in [2.05, 4.69) is 29.2 Å². The Bertz CT molecular complexity index is 462. The van der Waals surface area contributed by atoms with Crippen molar-refractivity contribution >= 4 is 11.8 Å². The van der Waals surface area contributed by atoms with E-state index in [1.165, 1.54) is 42.8 Å². The number of rotatable bonds is 1. The van der Waals surface area contributed by atoms with E-state index in [4.69, 9.17) is 5.73 Å². The summed E-state index contributed by atoms with van der Waals surface area (Å²) in [5.41, 5.74) is 7.79. The van der Waals surface area contributed by atoms with Gasteiger partial charge < -0.3 is 5.73 Å². The first kappa shape index (κ1) is 12.2. The normalized spacial score (nSPS) is 38.2. The monoisotopic (exact) mass is 274 g/mol. The second-order valence-electron chi connectivity index (χ2n) is 6.25. The quantitative estimate of drug-likeness (QED) is 0.853. The highest BCUT2D eigenvalue weighted by Gasteiger charge is 2.44. The van der Waals surface area contributed by atoms with Crippen molar-refractivity contribution in [3.05, 3.63) is 29.8 Å². The Kier molecular flexibility index (Phi) is 3.09. The van der Waals surface area contributed by atoms with Crippen molar-refractivity contribution in [1.29, 1.82) is 0 Å². The Morgan fingerprint density at radius 1 is 1.05 bits per heavy atom. The number of thioether (sulfide) groups is 1. The van der Waals surface area contributed by atoms with Crippen LogP contribution < -0.4 is 5.73 Å². The van der Waals surface area contributed by atoms with Gasteiger partial charge in [0, 0.05) is 29.1 Å². The Balaban J connectivity index is 1.67. The maximum Gasteiger partial charge on any atom is 0.0373 e. The summed E-state index contributed by atoms with van der Waals surface area (Å²) in [7, 11) is 0. The lowest BCUT2D eigenvalue weighted by atomic mass is 9.92. The smallest absolute Gasteiger partial charge is 0.0373 e. The van der Waals surface area contributed by atoms with E-state index in [9.17, 15) is 0 Å². The average Bonchev–Trinajstić information content (AvgIpc) is 2.70. The van der Waals surface area contributed by atoms with Gasteiger partial charge in [0.15, 0.2) is 0 Å². The molecule has 0 amide bonds. The number of piperidine rings is 1. The van der Waals surface area contributed by atoms with Gasteiger partial charge in [0.2, 0.25) is 0 Å². The van der Waals surface area contributed by atoms with E-state index < -0.39 is 0 Å². The molecule has 2 N–H and O–H groups in total. The van der Waals surface area contributed by atoms with Crippen molar-refractivity contribution in [3.63, 3.8) is 0 Å². The second kappa shape index (κ2) is 4.80. The molecule has 3 atom stereocenters. The van der Waals surface area contributed by atoms with Crippen molar-refractivity contribution < 1.29 is 0 Å². The molecular formula is C16H22N2S. The summed E-state index contributed by atoms with van der Waals surface area (Å²) in [6.45, 7) is 0. The van der Waals surface area contributed by atoms with E-state index in [1.807, 2.05) is 11.8 Å². The highest BCUT2D eigenvalue weighted by Crippen LogP contribution is 2.47. The Morgan fingerprint density at radius 3 is 2.58 bits per heavy atom. The number of hydrogen-bond acceptors (Lipinski definition) is 3. The fourth-order valence-corrected chi connectivity index (χ4v) is 5.50. The first-order valence-electron chi connectivity index (χ1n) is 7.57. The summed E-state index contributed by atoms with van der Waals surface area (Å²) >= 11 is 2.03. The molecule has 0 radical (unpaired) electrons. The van der Waals surface area contributed by atoms with Crippen LogP contribution in [-0.2, 0) is 0 Å². The van der Waals surface area contributed by atoms with E-state index in [1.54, 1.807) is 5.56 Å². The molecule has 1 aromatic rings. The van der Waals surface area contributed by atoms with Crippen LogP contribution in [0.15, 0.2) is 29.2 Å². The molecule has 3 heterocycles. The molecule has 102 valence electrons. The maximum atomic E-state index is 6.21. The zero-order valence-electron chi connectivity index (χ0n) is 11.3. The summed E-state index contributed by atoms with van der Waals surface area (Å²) < 4.78 is 0. The SMILES string of the molecule is NC1CC2CCC(C1)N2C1CCSc2ccccc21. The van der Waals surface area contributed by atoms with Crippen LogP contribution in [0, 0.1) is 0 Å². The van der Waals surface area contributed by atoms with Crippen LogP contribution in [0.1, 0.15) is 43.7 Å². The van der Waals surface area contributed by atoms with Gasteiger partial charge in [-0.1, -0.05) is 18.2 Å². The van der Waals surface area contributed by atoms with Crippen LogP contribution in [0.3, 0.4) is 0 Å². The zero-order valence-corrected chi connectivity index (χ0v) is 12.1. The summed E-state index contributed by atoms with van der Waals surface area (Å²) in [6, 6.07) is 11.6. The number of hydrogen-bond donors (Lipinski definition) is 1. The fourth-order valence-electron chi connectivity index (χ4n) is 4.40. The highest BCUT2D eigenvalue weighted by molar-refractivity contribution is 7.99. The molecular weight excluding hydrogens is 252 g/mol. The molecule has 1 aromatic carbocycles. The lowest BCUT2D eigenvalue weighted by Gasteiger charge is -2.44. The first-order valence-corrected chi connectivity index (χ1v) is 8.56. The van der Waals surface area contributed by atoms with E-state index in [-0.39, 0.29) is 0 Å². The van der Waals surface area contributed by atoms with E-state index in [0.29, 0.717) is 12.1 Å². The summed E-state index contributed by atoms with van der Waals surface area (Å²) in [4.78, 5) is 4.34. The van der Waals surface area contributed by atoms with Gasteiger partial charge in [-0.2, -0.15) is 0 Å². The first-order chi connectivity index (χ1) is 9.33. The van der Waals surface area contributed by atoms with Crippen molar-refractivity contribution in [3.8, 4) is 0 Å². The number of fused-ring (bicyclic) bond motifs is 3. The van der Waals surface area contributed by atoms with Crippen LogP contribution >= 0.6 is 11.8 Å². The zero-order chi connectivity index (χ0) is 12.8. The Morgan fingerprint density at radius 2 is 1.79 bits per heavy atom. The van der Waals surface area contributed by atoms with Crippen LogP contribution in [0.25, 0.3) is 0 Å². The molecule has 0 aliphatic carbocycles. The molecule has 2 saturated heterocycles. The topological polar surface area (TPSA) is 29.3 Å².